The number of rotatable bonds is 6. The molecule has 0 amide bonds. The Morgan fingerprint density at radius 2 is 1.90 bits per heavy atom. The van der Waals surface area contributed by atoms with Crippen LogP contribution in [0.25, 0.3) is 0 Å². The normalized spacial score (nSPS) is 12.2. The van der Waals surface area contributed by atoms with Crippen molar-refractivity contribution in [2.45, 2.75) is 12.6 Å². The second-order valence-electron chi connectivity index (χ2n) is 4.64. The summed E-state index contributed by atoms with van der Waals surface area (Å²) in [7, 11) is 1.57. The molecule has 0 spiro atoms. The third-order valence-electron chi connectivity index (χ3n) is 3.13. The summed E-state index contributed by atoms with van der Waals surface area (Å²) in [6.45, 7) is 0.935. The molecule has 0 radical (unpaired) electrons. The van der Waals surface area contributed by atoms with Crippen LogP contribution < -0.4 is 10.1 Å². The third-order valence-corrected chi connectivity index (χ3v) is 3.63. The van der Waals surface area contributed by atoms with Crippen LogP contribution >= 0.6 is 23.2 Å². The molecule has 0 aliphatic heterocycles. The van der Waals surface area contributed by atoms with Crippen LogP contribution in [0.5, 0.6) is 5.75 Å². The van der Waals surface area contributed by atoms with Crippen molar-refractivity contribution < 1.29 is 9.84 Å². The lowest BCUT2D eigenvalue weighted by molar-refractivity contribution is 0.174. The number of hydrogen-bond donors (Lipinski definition) is 2. The summed E-state index contributed by atoms with van der Waals surface area (Å²) >= 11 is 12.1. The maximum absolute atomic E-state index is 10.1. The molecule has 0 saturated carbocycles. The van der Waals surface area contributed by atoms with E-state index < -0.39 is 6.10 Å². The molecule has 0 aliphatic carbocycles. The fourth-order valence-corrected chi connectivity index (χ4v) is 2.72. The van der Waals surface area contributed by atoms with E-state index >= 15 is 0 Å². The fraction of sp³-hybridized carbons (Fsp3) is 0.250. The van der Waals surface area contributed by atoms with Crippen LogP contribution in [0.4, 0.5) is 0 Å². The van der Waals surface area contributed by atoms with Crippen molar-refractivity contribution in [2.75, 3.05) is 13.7 Å². The molecule has 0 aliphatic rings. The number of halogens is 2. The molecule has 2 aromatic carbocycles. The number of aliphatic hydroxyl groups is 1. The van der Waals surface area contributed by atoms with Crippen LogP contribution in [-0.4, -0.2) is 18.8 Å². The highest BCUT2D eigenvalue weighted by atomic mass is 35.5. The molecule has 0 aromatic heterocycles. The van der Waals surface area contributed by atoms with E-state index in [0.29, 0.717) is 28.9 Å². The van der Waals surface area contributed by atoms with Gasteiger partial charge in [0.15, 0.2) is 0 Å². The summed E-state index contributed by atoms with van der Waals surface area (Å²) in [4.78, 5) is 0. The standard InChI is InChI=1S/C16H17Cl2NO2/c1-21-16-12(7-13(17)8-14(16)18)9-19-10-15(20)11-5-3-2-4-6-11/h2-8,15,19-20H,9-10H2,1H3. The third kappa shape index (κ3) is 4.35. The van der Waals surface area contributed by atoms with E-state index in [0.717, 1.165) is 11.1 Å². The van der Waals surface area contributed by atoms with Crippen molar-refractivity contribution in [3.8, 4) is 5.75 Å². The quantitative estimate of drug-likeness (QED) is 0.848. The van der Waals surface area contributed by atoms with Crippen molar-refractivity contribution in [3.63, 3.8) is 0 Å². The number of aliphatic hydroxyl groups excluding tert-OH is 1. The first kappa shape index (κ1) is 16.1. The maximum Gasteiger partial charge on any atom is 0.142 e. The molecule has 5 heteroatoms. The van der Waals surface area contributed by atoms with Crippen LogP contribution in [0.3, 0.4) is 0 Å². The zero-order valence-electron chi connectivity index (χ0n) is 11.6. The maximum atomic E-state index is 10.1. The first-order chi connectivity index (χ1) is 10.1. The van der Waals surface area contributed by atoms with E-state index in [-0.39, 0.29) is 0 Å². The van der Waals surface area contributed by atoms with Crippen molar-refractivity contribution >= 4 is 23.2 Å². The van der Waals surface area contributed by atoms with Gasteiger partial charge in [0, 0.05) is 23.7 Å². The minimum Gasteiger partial charge on any atom is -0.495 e. The number of methoxy groups -OCH3 is 1. The second-order valence-corrected chi connectivity index (χ2v) is 5.48. The second kappa shape index (κ2) is 7.66. The van der Waals surface area contributed by atoms with Crippen molar-refractivity contribution in [1.82, 2.24) is 5.32 Å². The molecule has 1 atom stereocenters. The van der Waals surface area contributed by atoms with Crippen LogP contribution in [0.2, 0.25) is 10.0 Å². The summed E-state index contributed by atoms with van der Waals surface area (Å²) < 4.78 is 5.28. The number of hydrogen-bond acceptors (Lipinski definition) is 3. The van der Waals surface area contributed by atoms with Gasteiger partial charge in [-0.2, -0.15) is 0 Å². The minimum atomic E-state index is -0.563. The van der Waals surface area contributed by atoms with Crippen molar-refractivity contribution in [3.05, 3.63) is 63.6 Å². The molecule has 0 bridgehead atoms. The molecule has 2 aromatic rings. The van der Waals surface area contributed by atoms with Gasteiger partial charge in [0.1, 0.15) is 5.75 Å². The van der Waals surface area contributed by atoms with E-state index in [1.807, 2.05) is 30.3 Å². The Hall–Kier alpha value is -1.26. The zero-order valence-corrected chi connectivity index (χ0v) is 13.2. The molecular formula is C16H17Cl2NO2. The Morgan fingerprint density at radius 1 is 1.19 bits per heavy atom. The van der Waals surface area contributed by atoms with Gasteiger partial charge in [-0.15, -0.1) is 0 Å². The SMILES string of the molecule is COc1c(Cl)cc(Cl)cc1CNCC(O)c1ccccc1. The highest BCUT2D eigenvalue weighted by molar-refractivity contribution is 6.35. The van der Waals surface area contributed by atoms with Gasteiger partial charge >= 0.3 is 0 Å². The molecule has 2 rings (SSSR count). The molecule has 1 unspecified atom stereocenters. The van der Waals surface area contributed by atoms with Gasteiger partial charge in [0.05, 0.1) is 18.2 Å². The number of nitrogens with one attached hydrogen (secondary N) is 1. The Morgan fingerprint density at radius 3 is 2.57 bits per heavy atom. The number of benzene rings is 2. The summed E-state index contributed by atoms with van der Waals surface area (Å²) in [6.07, 6.45) is -0.563. The van der Waals surface area contributed by atoms with Gasteiger partial charge < -0.3 is 15.2 Å². The van der Waals surface area contributed by atoms with Gasteiger partial charge in [-0.05, 0) is 17.7 Å². The van der Waals surface area contributed by atoms with Gasteiger partial charge in [0.2, 0.25) is 0 Å². The molecular weight excluding hydrogens is 309 g/mol. The predicted octanol–water partition coefficient (Wildman–Crippen LogP) is 3.83. The Kier molecular flexibility index (Phi) is 5.88. The van der Waals surface area contributed by atoms with Crippen LogP contribution in [0, 0.1) is 0 Å². The van der Waals surface area contributed by atoms with E-state index in [1.54, 1.807) is 19.2 Å². The lowest BCUT2D eigenvalue weighted by Crippen LogP contribution is -2.21. The van der Waals surface area contributed by atoms with Gasteiger partial charge in [-0.1, -0.05) is 53.5 Å². The van der Waals surface area contributed by atoms with Crippen LogP contribution in [0.1, 0.15) is 17.2 Å². The largest absolute Gasteiger partial charge is 0.495 e. The fourth-order valence-electron chi connectivity index (χ4n) is 2.11. The zero-order chi connectivity index (χ0) is 15.2. The van der Waals surface area contributed by atoms with E-state index in [9.17, 15) is 5.11 Å². The van der Waals surface area contributed by atoms with Gasteiger partial charge in [-0.3, -0.25) is 0 Å². The first-order valence-corrected chi connectivity index (χ1v) is 7.33. The summed E-state index contributed by atoms with van der Waals surface area (Å²) in [5, 5.41) is 14.3. The average Bonchev–Trinajstić information content (AvgIpc) is 2.47. The van der Waals surface area contributed by atoms with Gasteiger partial charge in [0.25, 0.3) is 0 Å². The first-order valence-electron chi connectivity index (χ1n) is 6.57. The Balaban J connectivity index is 1.98. The van der Waals surface area contributed by atoms with E-state index in [4.69, 9.17) is 27.9 Å². The van der Waals surface area contributed by atoms with E-state index in [1.165, 1.54) is 0 Å². The van der Waals surface area contributed by atoms with Crippen molar-refractivity contribution in [1.29, 1.82) is 0 Å². The summed E-state index contributed by atoms with van der Waals surface area (Å²) in [5.41, 5.74) is 1.73. The highest BCUT2D eigenvalue weighted by Gasteiger charge is 2.11. The van der Waals surface area contributed by atoms with Crippen LogP contribution in [0.15, 0.2) is 42.5 Å². The lowest BCUT2D eigenvalue weighted by Gasteiger charge is -2.14. The Labute approximate surface area is 134 Å². The molecule has 21 heavy (non-hydrogen) atoms. The number of ether oxygens (including phenoxy) is 1. The Bertz CT molecular complexity index is 590. The molecule has 3 nitrogen and oxygen atoms in total. The molecule has 112 valence electrons. The van der Waals surface area contributed by atoms with Crippen molar-refractivity contribution in [2.24, 2.45) is 0 Å². The average molecular weight is 326 g/mol. The monoisotopic (exact) mass is 325 g/mol. The lowest BCUT2D eigenvalue weighted by atomic mass is 10.1. The van der Waals surface area contributed by atoms with Crippen LogP contribution in [-0.2, 0) is 6.54 Å². The van der Waals surface area contributed by atoms with E-state index in [2.05, 4.69) is 5.32 Å². The molecule has 2 N–H and O–H groups in total. The minimum absolute atomic E-state index is 0.428. The topological polar surface area (TPSA) is 41.5 Å². The predicted molar refractivity (Wildman–Crippen MR) is 86.1 cm³/mol. The molecule has 0 saturated heterocycles. The summed E-state index contributed by atoms with van der Waals surface area (Å²) in [6, 6.07) is 12.9. The molecule has 0 fully saturated rings. The molecule has 0 heterocycles. The van der Waals surface area contributed by atoms with Gasteiger partial charge in [-0.25, -0.2) is 0 Å². The highest BCUT2D eigenvalue weighted by Crippen LogP contribution is 2.32. The smallest absolute Gasteiger partial charge is 0.142 e. The summed E-state index contributed by atoms with van der Waals surface area (Å²) in [5.74, 6) is 0.600.